The van der Waals surface area contributed by atoms with Gasteiger partial charge in [0.1, 0.15) is 0 Å². The number of carboxylic acid groups (broad SMARTS) is 1. The van der Waals surface area contributed by atoms with Gasteiger partial charge in [0.05, 0.1) is 17.0 Å². The molecule has 5 nitrogen and oxygen atoms in total. The second-order valence-corrected chi connectivity index (χ2v) is 6.09. The van der Waals surface area contributed by atoms with Crippen molar-refractivity contribution in [1.29, 1.82) is 0 Å². The minimum absolute atomic E-state index is 0.0752. The van der Waals surface area contributed by atoms with Gasteiger partial charge in [-0.2, -0.15) is 0 Å². The number of carbonyl (C=O) groups excluding carboxylic acids is 1. The Morgan fingerprint density at radius 1 is 1.40 bits per heavy atom. The molecule has 0 saturated heterocycles. The Balaban J connectivity index is 3.15. The minimum Gasteiger partial charge on any atom is -0.481 e. The first-order valence-electron chi connectivity index (χ1n) is 6.19. The third-order valence-electron chi connectivity index (χ3n) is 3.01. The molecule has 1 aromatic rings. The fourth-order valence-electron chi connectivity index (χ4n) is 1.83. The van der Waals surface area contributed by atoms with E-state index in [9.17, 15) is 9.59 Å². The van der Waals surface area contributed by atoms with Crippen LogP contribution in [0.1, 0.15) is 37.6 Å². The number of amides is 1. The van der Waals surface area contributed by atoms with Crippen molar-refractivity contribution in [2.75, 3.05) is 5.32 Å². The van der Waals surface area contributed by atoms with Gasteiger partial charge in [0, 0.05) is 11.7 Å². The maximum absolute atomic E-state index is 11.5. The molecule has 0 aromatic heterocycles. The molecule has 0 radical (unpaired) electrons. The van der Waals surface area contributed by atoms with Gasteiger partial charge in [-0.15, -0.1) is 0 Å². The van der Waals surface area contributed by atoms with Crippen molar-refractivity contribution < 1.29 is 14.7 Å². The van der Waals surface area contributed by atoms with Gasteiger partial charge in [-0.05, 0) is 17.5 Å². The van der Waals surface area contributed by atoms with Gasteiger partial charge in [0.15, 0.2) is 0 Å². The number of rotatable bonds is 5. The average molecular weight is 299 g/mol. The Kier molecular flexibility index (Phi) is 5.00. The molecular weight excluding hydrogens is 280 g/mol. The summed E-state index contributed by atoms with van der Waals surface area (Å²) in [6.07, 6.45) is -0.0752. The molecule has 0 bridgehead atoms. The van der Waals surface area contributed by atoms with E-state index in [2.05, 4.69) is 5.32 Å². The molecule has 0 aliphatic heterocycles. The molecule has 110 valence electrons. The summed E-state index contributed by atoms with van der Waals surface area (Å²) >= 11 is 5.97. The van der Waals surface area contributed by atoms with E-state index in [1.807, 2.05) is 20.8 Å². The molecule has 0 saturated carbocycles. The smallest absolute Gasteiger partial charge is 0.305 e. The van der Waals surface area contributed by atoms with Crippen LogP contribution in [0, 0.1) is 5.41 Å². The van der Waals surface area contributed by atoms with Crippen LogP contribution in [-0.2, 0) is 4.79 Å². The molecule has 0 aliphatic rings. The number of aliphatic carboxylic acids is 1. The van der Waals surface area contributed by atoms with Crippen LogP contribution in [0.5, 0.6) is 0 Å². The standard InChI is InChI=1S/C14H19ClN2O3/c1-14(2,3)10(7-11(18)19)17-9-6-4-5-8(15)12(9)13(16)20/h4-6,10,17H,7H2,1-3H3,(H2,16,20)(H,18,19). The van der Waals surface area contributed by atoms with Crippen LogP contribution in [0.3, 0.4) is 0 Å². The fourth-order valence-corrected chi connectivity index (χ4v) is 2.10. The van der Waals surface area contributed by atoms with Crippen LogP contribution >= 0.6 is 11.6 Å². The first kappa shape index (κ1) is 16.3. The minimum atomic E-state index is -0.917. The molecule has 20 heavy (non-hydrogen) atoms. The predicted molar refractivity (Wildman–Crippen MR) is 79.1 cm³/mol. The summed E-state index contributed by atoms with van der Waals surface area (Å²) in [5.74, 6) is -1.57. The van der Waals surface area contributed by atoms with Gasteiger partial charge in [0.2, 0.25) is 0 Å². The van der Waals surface area contributed by atoms with Crippen molar-refractivity contribution in [2.45, 2.75) is 33.2 Å². The number of primary amides is 1. The van der Waals surface area contributed by atoms with E-state index in [4.69, 9.17) is 22.4 Å². The molecule has 0 aliphatic carbocycles. The quantitative estimate of drug-likeness (QED) is 0.779. The molecule has 6 heteroatoms. The molecule has 4 N–H and O–H groups in total. The van der Waals surface area contributed by atoms with Gasteiger partial charge < -0.3 is 16.2 Å². The number of hydrogen-bond donors (Lipinski definition) is 3. The van der Waals surface area contributed by atoms with Gasteiger partial charge in [0.25, 0.3) is 5.91 Å². The number of carbonyl (C=O) groups is 2. The molecule has 0 spiro atoms. The topological polar surface area (TPSA) is 92.4 Å². The van der Waals surface area contributed by atoms with E-state index < -0.39 is 11.9 Å². The maximum atomic E-state index is 11.5. The molecular formula is C14H19ClN2O3. The third-order valence-corrected chi connectivity index (χ3v) is 3.33. The average Bonchev–Trinajstić information content (AvgIpc) is 2.25. The van der Waals surface area contributed by atoms with E-state index in [0.29, 0.717) is 5.69 Å². The Hall–Kier alpha value is -1.75. The fraction of sp³-hybridized carbons (Fsp3) is 0.429. The predicted octanol–water partition coefficient (Wildman–Crippen LogP) is 2.74. The second-order valence-electron chi connectivity index (χ2n) is 5.69. The molecule has 1 atom stereocenters. The highest BCUT2D eigenvalue weighted by molar-refractivity contribution is 6.34. The lowest BCUT2D eigenvalue weighted by Gasteiger charge is -2.31. The number of halogens is 1. The number of anilines is 1. The summed E-state index contributed by atoms with van der Waals surface area (Å²) in [7, 11) is 0. The number of benzene rings is 1. The van der Waals surface area contributed by atoms with Crippen LogP contribution in [0.25, 0.3) is 0 Å². The molecule has 0 fully saturated rings. The molecule has 1 aromatic carbocycles. The van der Waals surface area contributed by atoms with Crippen molar-refractivity contribution in [1.82, 2.24) is 0 Å². The summed E-state index contributed by atoms with van der Waals surface area (Å²) < 4.78 is 0. The largest absolute Gasteiger partial charge is 0.481 e. The van der Waals surface area contributed by atoms with Crippen molar-refractivity contribution in [3.63, 3.8) is 0 Å². The summed E-state index contributed by atoms with van der Waals surface area (Å²) in [4.78, 5) is 22.5. The van der Waals surface area contributed by atoms with Gasteiger partial charge in [-0.25, -0.2) is 0 Å². The highest BCUT2D eigenvalue weighted by Crippen LogP contribution is 2.30. The number of carboxylic acids is 1. The van der Waals surface area contributed by atoms with E-state index >= 15 is 0 Å². The summed E-state index contributed by atoms with van der Waals surface area (Å²) in [5, 5.41) is 12.3. The Bertz CT molecular complexity index is 524. The number of nitrogens with two attached hydrogens (primary N) is 1. The normalized spacial score (nSPS) is 12.8. The zero-order chi connectivity index (χ0) is 15.5. The number of hydrogen-bond acceptors (Lipinski definition) is 3. The lowest BCUT2D eigenvalue weighted by Crippen LogP contribution is -2.36. The van der Waals surface area contributed by atoms with Gasteiger partial charge in [-0.3, -0.25) is 9.59 Å². The van der Waals surface area contributed by atoms with E-state index in [1.165, 1.54) is 0 Å². The van der Waals surface area contributed by atoms with Crippen LogP contribution in [0.2, 0.25) is 5.02 Å². The third kappa shape index (κ3) is 4.13. The van der Waals surface area contributed by atoms with Gasteiger partial charge in [-0.1, -0.05) is 38.4 Å². The van der Waals surface area contributed by atoms with Crippen LogP contribution in [-0.4, -0.2) is 23.0 Å². The Labute approximate surface area is 123 Å². The monoisotopic (exact) mass is 298 g/mol. The lowest BCUT2D eigenvalue weighted by atomic mass is 9.84. The van der Waals surface area contributed by atoms with Crippen LogP contribution in [0.15, 0.2) is 18.2 Å². The summed E-state index contributed by atoms with van der Waals surface area (Å²) in [5.41, 5.74) is 5.64. The van der Waals surface area contributed by atoms with Crippen LogP contribution < -0.4 is 11.1 Å². The first-order valence-corrected chi connectivity index (χ1v) is 6.57. The maximum Gasteiger partial charge on any atom is 0.305 e. The molecule has 1 rings (SSSR count). The highest BCUT2D eigenvalue weighted by atomic mass is 35.5. The first-order chi connectivity index (χ1) is 9.12. The van der Waals surface area contributed by atoms with E-state index in [0.717, 1.165) is 0 Å². The Morgan fingerprint density at radius 2 is 2.00 bits per heavy atom. The van der Waals surface area contributed by atoms with E-state index in [-0.39, 0.29) is 28.5 Å². The highest BCUT2D eigenvalue weighted by Gasteiger charge is 2.28. The van der Waals surface area contributed by atoms with E-state index in [1.54, 1.807) is 18.2 Å². The van der Waals surface area contributed by atoms with Crippen molar-refractivity contribution in [3.8, 4) is 0 Å². The van der Waals surface area contributed by atoms with Crippen molar-refractivity contribution in [3.05, 3.63) is 28.8 Å². The van der Waals surface area contributed by atoms with Gasteiger partial charge >= 0.3 is 5.97 Å². The van der Waals surface area contributed by atoms with Crippen molar-refractivity contribution >= 4 is 29.2 Å². The number of nitrogens with one attached hydrogen (secondary N) is 1. The van der Waals surface area contributed by atoms with Crippen LogP contribution in [0.4, 0.5) is 5.69 Å². The Morgan fingerprint density at radius 3 is 2.45 bits per heavy atom. The second kappa shape index (κ2) is 6.13. The zero-order valence-electron chi connectivity index (χ0n) is 11.7. The zero-order valence-corrected chi connectivity index (χ0v) is 12.5. The lowest BCUT2D eigenvalue weighted by molar-refractivity contribution is -0.137. The summed E-state index contributed by atoms with van der Waals surface area (Å²) in [6.45, 7) is 5.76. The van der Waals surface area contributed by atoms with Crippen molar-refractivity contribution in [2.24, 2.45) is 11.1 Å². The molecule has 1 amide bonds. The molecule has 1 unspecified atom stereocenters. The summed E-state index contributed by atoms with van der Waals surface area (Å²) in [6, 6.07) is 4.54. The SMILES string of the molecule is CC(C)(C)C(CC(=O)O)Nc1cccc(Cl)c1C(N)=O. The molecule has 0 heterocycles.